The van der Waals surface area contributed by atoms with Gasteiger partial charge in [-0.2, -0.15) is 0 Å². The number of rotatable bonds is 3. The van der Waals surface area contributed by atoms with Gasteiger partial charge in [0.2, 0.25) is 5.91 Å². The highest BCUT2D eigenvalue weighted by Crippen LogP contribution is 2.30. The van der Waals surface area contributed by atoms with Gasteiger partial charge in [-0.05, 0) is 6.07 Å². The van der Waals surface area contributed by atoms with E-state index < -0.39 is 29.0 Å². The molecular formula is C9H10ClFN2O3. The molecule has 0 aliphatic heterocycles. The maximum absolute atomic E-state index is 13.3. The van der Waals surface area contributed by atoms with Crippen LogP contribution in [-0.4, -0.2) is 22.2 Å². The van der Waals surface area contributed by atoms with Gasteiger partial charge in [0.25, 0.3) is 0 Å². The van der Waals surface area contributed by atoms with Crippen molar-refractivity contribution in [2.75, 3.05) is 5.73 Å². The Hall–Kier alpha value is -1.37. The first kappa shape index (κ1) is 12.7. The molecule has 1 aromatic carbocycles. The number of aliphatic hydroxyl groups excluding tert-OH is 2. The number of hydrogen-bond donors (Lipinski definition) is 4. The Bertz CT molecular complexity index is 427. The summed E-state index contributed by atoms with van der Waals surface area (Å²) in [5.74, 6) is -2.06. The Balaban J connectivity index is 3.14. The minimum absolute atomic E-state index is 0.153. The molecule has 0 aromatic heterocycles. The van der Waals surface area contributed by atoms with E-state index in [1.54, 1.807) is 0 Å². The summed E-state index contributed by atoms with van der Waals surface area (Å²) in [6.07, 6.45) is -3.55. The van der Waals surface area contributed by atoms with Crippen molar-refractivity contribution in [2.24, 2.45) is 5.73 Å². The number of amides is 1. The van der Waals surface area contributed by atoms with E-state index in [4.69, 9.17) is 23.1 Å². The number of anilines is 1. The molecule has 0 fully saturated rings. The highest BCUT2D eigenvalue weighted by molar-refractivity contribution is 6.31. The summed E-state index contributed by atoms with van der Waals surface area (Å²) in [5, 5.41) is 18.3. The van der Waals surface area contributed by atoms with Gasteiger partial charge < -0.3 is 21.7 Å². The first-order valence-electron chi connectivity index (χ1n) is 4.25. The monoisotopic (exact) mass is 248 g/mol. The number of benzene rings is 1. The fourth-order valence-corrected chi connectivity index (χ4v) is 1.42. The molecule has 0 spiro atoms. The maximum Gasteiger partial charge on any atom is 0.249 e. The van der Waals surface area contributed by atoms with Gasteiger partial charge in [-0.1, -0.05) is 17.7 Å². The number of hydrogen-bond acceptors (Lipinski definition) is 4. The zero-order chi connectivity index (χ0) is 12.5. The summed E-state index contributed by atoms with van der Waals surface area (Å²) in [4.78, 5) is 10.6. The van der Waals surface area contributed by atoms with Gasteiger partial charge in [0.15, 0.2) is 11.9 Å². The molecule has 0 aliphatic rings. The maximum atomic E-state index is 13.3. The van der Waals surface area contributed by atoms with E-state index in [0.717, 1.165) is 6.07 Å². The SMILES string of the molecule is NC(=O)C(O)C(O)c1ccc(N)c(F)c1Cl. The third-order valence-electron chi connectivity index (χ3n) is 2.05. The average molecular weight is 249 g/mol. The quantitative estimate of drug-likeness (QED) is 0.562. The van der Waals surface area contributed by atoms with E-state index in [1.165, 1.54) is 6.07 Å². The Morgan fingerprint density at radius 2 is 2.00 bits per heavy atom. The minimum Gasteiger partial charge on any atom is -0.396 e. The van der Waals surface area contributed by atoms with E-state index in [0.29, 0.717) is 0 Å². The van der Waals surface area contributed by atoms with Crippen molar-refractivity contribution >= 4 is 23.2 Å². The number of nitrogen functional groups attached to an aromatic ring is 1. The van der Waals surface area contributed by atoms with Gasteiger partial charge in [0.1, 0.15) is 6.10 Å². The molecule has 2 unspecified atom stereocenters. The zero-order valence-electron chi connectivity index (χ0n) is 8.02. The first-order valence-corrected chi connectivity index (χ1v) is 4.63. The molecule has 1 aromatic rings. The molecule has 0 saturated carbocycles. The molecule has 1 rings (SSSR count). The van der Waals surface area contributed by atoms with Gasteiger partial charge in [-0.25, -0.2) is 4.39 Å². The molecule has 0 saturated heterocycles. The highest BCUT2D eigenvalue weighted by Gasteiger charge is 2.26. The summed E-state index contributed by atoms with van der Waals surface area (Å²) in [5.41, 5.74) is 9.66. The fourth-order valence-electron chi connectivity index (χ4n) is 1.13. The summed E-state index contributed by atoms with van der Waals surface area (Å²) in [6, 6.07) is 2.37. The lowest BCUT2D eigenvalue weighted by Gasteiger charge is -2.17. The van der Waals surface area contributed by atoms with Crippen LogP contribution in [0.1, 0.15) is 11.7 Å². The van der Waals surface area contributed by atoms with E-state index in [9.17, 15) is 19.4 Å². The number of halogens is 2. The van der Waals surface area contributed by atoms with Crippen LogP contribution in [0.15, 0.2) is 12.1 Å². The van der Waals surface area contributed by atoms with Gasteiger partial charge in [-0.3, -0.25) is 4.79 Å². The van der Waals surface area contributed by atoms with Crippen molar-refractivity contribution in [1.82, 2.24) is 0 Å². The van der Waals surface area contributed by atoms with Crippen LogP contribution in [0.2, 0.25) is 5.02 Å². The standard InChI is InChI=1S/C9H10ClFN2O3/c10-5-3(1-2-4(12)6(5)11)7(14)8(15)9(13)16/h1-2,7-8,14-15H,12H2,(H2,13,16). The zero-order valence-corrected chi connectivity index (χ0v) is 8.78. The smallest absolute Gasteiger partial charge is 0.249 e. The van der Waals surface area contributed by atoms with Crippen LogP contribution in [0.3, 0.4) is 0 Å². The molecule has 88 valence electrons. The van der Waals surface area contributed by atoms with E-state index in [-0.39, 0.29) is 11.3 Å². The van der Waals surface area contributed by atoms with Crippen LogP contribution in [0.4, 0.5) is 10.1 Å². The van der Waals surface area contributed by atoms with Crippen molar-refractivity contribution in [1.29, 1.82) is 0 Å². The van der Waals surface area contributed by atoms with E-state index in [2.05, 4.69) is 0 Å². The lowest BCUT2D eigenvalue weighted by Crippen LogP contribution is -2.34. The van der Waals surface area contributed by atoms with Crippen LogP contribution < -0.4 is 11.5 Å². The summed E-state index contributed by atoms with van der Waals surface area (Å²) in [6.45, 7) is 0. The Labute approximate surface area is 95.4 Å². The van der Waals surface area contributed by atoms with Crippen molar-refractivity contribution in [2.45, 2.75) is 12.2 Å². The van der Waals surface area contributed by atoms with Gasteiger partial charge in [0, 0.05) is 5.56 Å². The Morgan fingerprint density at radius 3 is 2.50 bits per heavy atom. The lowest BCUT2D eigenvalue weighted by atomic mass is 10.0. The number of primary amides is 1. The molecule has 0 aliphatic carbocycles. The number of carbonyl (C=O) groups excluding carboxylic acids is 1. The summed E-state index contributed by atoms with van der Waals surface area (Å²) >= 11 is 5.56. The van der Waals surface area contributed by atoms with Gasteiger partial charge in [0.05, 0.1) is 10.7 Å². The molecule has 0 bridgehead atoms. The fraction of sp³-hybridized carbons (Fsp3) is 0.222. The minimum atomic E-state index is -1.86. The molecule has 6 N–H and O–H groups in total. The largest absolute Gasteiger partial charge is 0.396 e. The molecule has 1 amide bonds. The third-order valence-corrected chi connectivity index (χ3v) is 2.44. The van der Waals surface area contributed by atoms with Crippen LogP contribution >= 0.6 is 11.6 Å². The highest BCUT2D eigenvalue weighted by atomic mass is 35.5. The van der Waals surface area contributed by atoms with Crippen LogP contribution in [0.25, 0.3) is 0 Å². The lowest BCUT2D eigenvalue weighted by molar-refractivity contribution is -0.131. The van der Waals surface area contributed by atoms with Crippen LogP contribution in [0, 0.1) is 5.82 Å². The van der Waals surface area contributed by atoms with Crippen molar-refractivity contribution in [3.63, 3.8) is 0 Å². The number of aliphatic hydroxyl groups is 2. The normalized spacial score (nSPS) is 14.5. The predicted octanol–water partition coefficient (Wildman–Crippen LogP) is -0.0591. The number of nitrogens with two attached hydrogens (primary N) is 2. The Kier molecular flexibility index (Phi) is 3.69. The average Bonchev–Trinajstić information content (AvgIpc) is 2.24. The molecule has 2 atom stereocenters. The second kappa shape index (κ2) is 4.65. The van der Waals surface area contributed by atoms with Crippen LogP contribution in [-0.2, 0) is 4.79 Å². The van der Waals surface area contributed by atoms with E-state index in [1.807, 2.05) is 0 Å². The number of carbonyl (C=O) groups is 1. The molecular weight excluding hydrogens is 239 g/mol. The van der Waals surface area contributed by atoms with Crippen molar-refractivity contribution in [3.05, 3.63) is 28.5 Å². The summed E-state index contributed by atoms with van der Waals surface area (Å²) < 4.78 is 13.3. The third kappa shape index (κ3) is 2.24. The second-order valence-corrected chi connectivity index (χ2v) is 3.54. The predicted molar refractivity (Wildman–Crippen MR) is 56.0 cm³/mol. The molecule has 0 radical (unpaired) electrons. The van der Waals surface area contributed by atoms with Crippen LogP contribution in [0.5, 0.6) is 0 Å². The first-order chi connectivity index (χ1) is 7.36. The van der Waals surface area contributed by atoms with Gasteiger partial charge in [-0.15, -0.1) is 0 Å². The van der Waals surface area contributed by atoms with Gasteiger partial charge >= 0.3 is 0 Å². The second-order valence-electron chi connectivity index (χ2n) is 3.16. The molecule has 7 heteroatoms. The topological polar surface area (TPSA) is 110 Å². The molecule has 0 heterocycles. The Morgan fingerprint density at radius 1 is 1.44 bits per heavy atom. The molecule has 5 nitrogen and oxygen atoms in total. The summed E-state index contributed by atoms with van der Waals surface area (Å²) in [7, 11) is 0. The van der Waals surface area contributed by atoms with Crippen molar-refractivity contribution < 1.29 is 19.4 Å². The molecule has 16 heavy (non-hydrogen) atoms. The van der Waals surface area contributed by atoms with E-state index >= 15 is 0 Å². The van der Waals surface area contributed by atoms with Crippen molar-refractivity contribution in [3.8, 4) is 0 Å².